The van der Waals surface area contributed by atoms with Gasteiger partial charge in [-0.05, 0) is 83.5 Å². The molecule has 11 heteroatoms. The van der Waals surface area contributed by atoms with Crippen molar-refractivity contribution in [2.75, 3.05) is 26.4 Å². The Morgan fingerprint density at radius 3 is 1.41 bits per heavy atom. The summed E-state index contributed by atoms with van der Waals surface area (Å²) in [6.07, 6.45) is 50.0. The van der Waals surface area contributed by atoms with Crippen LogP contribution in [0.25, 0.3) is 0 Å². The van der Waals surface area contributed by atoms with Crippen LogP contribution in [0.15, 0.2) is 72.9 Å². The van der Waals surface area contributed by atoms with Crippen LogP contribution in [0.5, 0.6) is 0 Å². The Morgan fingerprint density at radius 2 is 0.932 bits per heavy atom. The number of ether oxygens (including phenoxy) is 2. The van der Waals surface area contributed by atoms with Gasteiger partial charge in [0, 0.05) is 12.8 Å². The molecule has 0 aliphatic heterocycles. The lowest BCUT2D eigenvalue weighted by atomic mass is 10.1. The molecule has 0 aromatic carbocycles. The van der Waals surface area contributed by atoms with Gasteiger partial charge in [-0.2, -0.15) is 0 Å². The van der Waals surface area contributed by atoms with Gasteiger partial charge < -0.3 is 24.6 Å². The largest absolute Gasteiger partial charge is 0.472 e. The van der Waals surface area contributed by atoms with Crippen LogP contribution in [0, 0.1) is 0 Å². The second-order valence-corrected chi connectivity index (χ2v) is 16.5. The molecule has 340 valence electrons. The summed E-state index contributed by atoms with van der Waals surface area (Å²) in [7, 11) is -4.63. The van der Waals surface area contributed by atoms with E-state index in [1.807, 2.05) is 0 Å². The average molecular weight is 851 g/mol. The van der Waals surface area contributed by atoms with E-state index in [-0.39, 0.29) is 19.4 Å². The highest BCUT2D eigenvalue weighted by atomic mass is 31.2. The number of aliphatic hydroxyl groups excluding tert-OH is 2. The SMILES string of the molecule is CC/C=C\C/C=C\C/C=C\C/C=C\CCCCCCCCCCC(=O)OC(COC(=O)CCCCCCC/C=C\C/C=C\CCCCC)COP(=O)(O)OCC(O)CO. The molecular formula is C48H83O10P. The number of carbonyl (C=O) groups excluding carboxylic acids is 2. The van der Waals surface area contributed by atoms with Gasteiger partial charge in [0.2, 0.25) is 0 Å². The van der Waals surface area contributed by atoms with Crippen molar-refractivity contribution >= 4 is 19.8 Å². The lowest BCUT2D eigenvalue weighted by Gasteiger charge is -2.20. The lowest BCUT2D eigenvalue weighted by molar-refractivity contribution is -0.161. The summed E-state index contributed by atoms with van der Waals surface area (Å²) >= 11 is 0. The molecule has 0 saturated heterocycles. The van der Waals surface area contributed by atoms with Crippen LogP contribution >= 0.6 is 7.82 Å². The first-order valence-electron chi connectivity index (χ1n) is 22.9. The first-order valence-corrected chi connectivity index (χ1v) is 24.4. The predicted octanol–water partition coefficient (Wildman–Crippen LogP) is 12.4. The second kappa shape index (κ2) is 43.5. The van der Waals surface area contributed by atoms with Gasteiger partial charge in [-0.25, -0.2) is 4.57 Å². The number of unbranched alkanes of at least 4 members (excludes halogenated alkanes) is 16. The Bertz CT molecular complexity index is 1210. The van der Waals surface area contributed by atoms with Gasteiger partial charge >= 0.3 is 19.8 Å². The molecule has 0 aliphatic rings. The maximum Gasteiger partial charge on any atom is 0.472 e. The second-order valence-electron chi connectivity index (χ2n) is 15.0. The molecule has 0 spiro atoms. The van der Waals surface area contributed by atoms with Gasteiger partial charge in [-0.3, -0.25) is 18.6 Å². The Balaban J connectivity index is 4.29. The van der Waals surface area contributed by atoms with E-state index in [0.29, 0.717) is 12.8 Å². The van der Waals surface area contributed by atoms with Gasteiger partial charge in [-0.1, -0.05) is 157 Å². The van der Waals surface area contributed by atoms with Gasteiger partial charge in [0.05, 0.1) is 19.8 Å². The molecule has 3 N–H and O–H groups in total. The zero-order valence-electron chi connectivity index (χ0n) is 36.9. The summed E-state index contributed by atoms with van der Waals surface area (Å²) in [5, 5.41) is 18.4. The number of aliphatic hydroxyl groups is 2. The fourth-order valence-corrected chi connectivity index (χ4v) is 6.63. The van der Waals surface area contributed by atoms with Crippen molar-refractivity contribution in [3.63, 3.8) is 0 Å². The monoisotopic (exact) mass is 851 g/mol. The van der Waals surface area contributed by atoms with Gasteiger partial charge in [0.1, 0.15) is 12.7 Å². The third kappa shape index (κ3) is 43.3. The number of phosphoric ester groups is 1. The summed E-state index contributed by atoms with van der Waals surface area (Å²) in [4.78, 5) is 35.1. The van der Waals surface area contributed by atoms with Crippen molar-refractivity contribution in [2.45, 2.75) is 193 Å². The zero-order valence-corrected chi connectivity index (χ0v) is 37.8. The van der Waals surface area contributed by atoms with Crippen LogP contribution < -0.4 is 0 Å². The molecule has 59 heavy (non-hydrogen) atoms. The molecule has 0 fully saturated rings. The van der Waals surface area contributed by atoms with Crippen LogP contribution in [-0.2, 0) is 32.7 Å². The zero-order chi connectivity index (χ0) is 43.3. The minimum absolute atomic E-state index is 0.168. The van der Waals surface area contributed by atoms with Crippen molar-refractivity contribution < 1.29 is 47.8 Å². The van der Waals surface area contributed by atoms with Gasteiger partial charge in [0.25, 0.3) is 0 Å². The highest BCUT2D eigenvalue weighted by Gasteiger charge is 2.27. The smallest absolute Gasteiger partial charge is 0.462 e. The quantitative estimate of drug-likeness (QED) is 0.0234. The minimum Gasteiger partial charge on any atom is -0.462 e. The normalized spacial score (nSPS) is 14.5. The first kappa shape index (κ1) is 56.4. The Kier molecular flexibility index (Phi) is 41.6. The number of hydrogen-bond donors (Lipinski definition) is 3. The number of esters is 2. The van der Waals surface area contributed by atoms with Crippen LogP contribution in [0.3, 0.4) is 0 Å². The van der Waals surface area contributed by atoms with E-state index in [1.54, 1.807) is 0 Å². The van der Waals surface area contributed by atoms with E-state index in [1.165, 1.54) is 38.5 Å². The highest BCUT2D eigenvalue weighted by Crippen LogP contribution is 2.43. The van der Waals surface area contributed by atoms with Crippen LogP contribution in [0.1, 0.15) is 181 Å². The third-order valence-electron chi connectivity index (χ3n) is 9.34. The topological polar surface area (TPSA) is 149 Å². The van der Waals surface area contributed by atoms with E-state index >= 15 is 0 Å². The first-order chi connectivity index (χ1) is 28.7. The summed E-state index contributed by atoms with van der Waals surface area (Å²) in [6.45, 7) is 2.21. The minimum atomic E-state index is -4.63. The van der Waals surface area contributed by atoms with Crippen molar-refractivity contribution in [2.24, 2.45) is 0 Å². The van der Waals surface area contributed by atoms with Crippen molar-refractivity contribution in [3.8, 4) is 0 Å². The number of carbonyl (C=O) groups is 2. The lowest BCUT2D eigenvalue weighted by Crippen LogP contribution is -2.29. The van der Waals surface area contributed by atoms with Crippen molar-refractivity contribution in [1.29, 1.82) is 0 Å². The van der Waals surface area contributed by atoms with E-state index < -0.39 is 51.8 Å². The summed E-state index contributed by atoms with van der Waals surface area (Å²) in [5.74, 6) is -0.954. The van der Waals surface area contributed by atoms with E-state index in [0.717, 1.165) is 103 Å². The number of allylic oxidation sites excluding steroid dienone is 12. The maximum atomic E-state index is 12.6. The summed E-state index contributed by atoms with van der Waals surface area (Å²) in [5.41, 5.74) is 0. The fourth-order valence-electron chi connectivity index (χ4n) is 5.84. The number of hydrogen-bond acceptors (Lipinski definition) is 9. The molecule has 10 nitrogen and oxygen atoms in total. The molecule has 0 saturated carbocycles. The van der Waals surface area contributed by atoms with E-state index in [9.17, 15) is 24.2 Å². The predicted molar refractivity (Wildman–Crippen MR) is 242 cm³/mol. The van der Waals surface area contributed by atoms with Gasteiger partial charge in [-0.15, -0.1) is 0 Å². The standard InChI is InChI=1S/C48H83O10P/c1-3-5-7-9-11-13-15-17-19-20-21-22-23-24-26-28-30-32-34-36-38-40-48(52)58-46(44-57-59(53,54)56-42-45(50)41-49)43-55-47(51)39-37-35-33-31-29-27-25-18-16-14-12-10-8-6-4-2/h5,7,11-14,17-19,21-22,25,45-46,49-50H,3-4,6,8-10,15-16,20,23-24,26-44H2,1-2H3,(H,53,54)/b7-5-,13-11-,14-12-,19-17-,22-21-,25-18-. The molecule has 0 heterocycles. The number of phosphoric acid groups is 1. The fraction of sp³-hybridized carbons (Fsp3) is 0.708. The molecule has 0 rings (SSSR count). The summed E-state index contributed by atoms with van der Waals surface area (Å²) in [6, 6.07) is 0. The van der Waals surface area contributed by atoms with Crippen LogP contribution in [0.2, 0.25) is 0 Å². The van der Waals surface area contributed by atoms with Crippen LogP contribution in [-0.4, -0.2) is 65.7 Å². The van der Waals surface area contributed by atoms with E-state index in [2.05, 4.69) is 86.8 Å². The molecule has 0 aromatic heterocycles. The molecule has 3 unspecified atom stereocenters. The average Bonchev–Trinajstić information content (AvgIpc) is 3.22. The molecule has 0 bridgehead atoms. The molecule has 0 radical (unpaired) electrons. The van der Waals surface area contributed by atoms with Crippen LogP contribution in [0.4, 0.5) is 0 Å². The number of rotatable bonds is 42. The molecular weight excluding hydrogens is 767 g/mol. The van der Waals surface area contributed by atoms with Gasteiger partial charge in [0.15, 0.2) is 6.10 Å². The molecule has 0 amide bonds. The third-order valence-corrected chi connectivity index (χ3v) is 10.3. The Hall–Kier alpha value is -2.59. The summed E-state index contributed by atoms with van der Waals surface area (Å²) < 4.78 is 32.7. The van der Waals surface area contributed by atoms with E-state index in [4.69, 9.17) is 23.6 Å². The molecule has 0 aromatic rings. The van der Waals surface area contributed by atoms with Crippen molar-refractivity contribution in [1.82, 2.24) is 0 Å². The maximum absolute atomic E-state index is 12.6. The molecule has 3 atom stereocenters. The Morgan fingerprint density at radius 1 is 0.525 bits per heavy atom. The Labute approximate surface area is 358 Å². The van der Waals surface area contributed by atoms with Crippen molar-refractivity contribution in [3.05, 3.63) is 72.9 Å². The highest BCUT2D eigenvalue weighted by molar-refractivity contribution is 7.47. The molecule has 0 aliphatic carbocycles.